The number of aromatic nitrogens is 2. The minimum atomic E-state index is 0.256. The molecular formula is C12H20N2O2. The summed E-state index contributed by atoms with van der Waals surface area (Å²) in [6, 6.07) is 0. The molecule has 0 amide bonds. The highest BCUT2D eigenvalue weighted by Gasteiger charge is 2.18. The standard InChI is InChI=1S/C12H20N2O2/c15-7-2-1-6-14-9-12(8-13-14)16-10-11-4-3-5-11/h8-9,11,15H,1-7,10H2. The molecule has 0 aromatic carbocycles. The van der Waals surface area contributed by atoms with Gasteiger partial charge in [0.15, 0.2) is 5.75 Å². The van der Waals surface area contributed by atoms with E-state index >= 15 is 0 Å². The summed E-state index contributed by atoms with van der Waals surface area (Å²) in [6.07, 6.45) is 9.48. The van der Waals surface area contributed by atoms with Gasteiger partial charge in [-0.1, -0.05) is 6.42 Å². The predicted octanol–water partition coefficient (Wildman–Crippen LogP) is 1.83. The Kier molecular flexibility index (Phi) is 4.22. The van der Waals surface area contributed by atoms with Crippen LogP contribution in [0.1, 0.15) is 32.1 Å². The monoisotopic (exact) mass is 224 g/mol. The maximum absolute atomic E-state index is 8.67. The molecule has 1 aromatic heterocycles. The lowest BCUT2D eigenvalue weighted by Crippen LogP contribution is -2.19. The van der Waals surface area contributed by atoms with Gasteiger partial charge >= 0.3 is 0 Å². The zero-order valence-corrected chi connectivity index (χ0v) is 9.64. The number of nitrogens with zero attached hydrogens (tertiary/aromatic N) is 2. The van der Waals surface area contributed by atoms with E-state index in [1.165, 1.54) is 19.3 Å². The average Bonchev–Trinajstić information content (AvgIpc) is 2.64. The van der Waals surface area contributed by atoms with E-state index in [-0.39, 0.29) is 6.61 Å². The van der Waals surface area contributed by atoms with E-state index in [1.54, 1.807) is 6.20 Å². The van der Waals surface area contributed by atoms with Crippen LogP contribution in [0, 0.1) is 5.92 Å². The van der Waals surface area contributed by atoms with Gasteiger partial charge in [0.25, 0.3) is 0 Å². The molecule has 0 aliphatic heterocycles. The third-order valence-electron chi connectivity index (χ3n) is 3.12. The molecule has 1 fully saturated rings. The molecule has 1 saturated carbocycles. The quantitative estimate of drug-likeness (QED) is 0.719. The molecule has 16 heavy (non-hydrogen) atoms. The van der Waals surface area contributed by atoms with E-state index in [2.05, 4.69) is 5.10 Å². The topological polar surface area (TPSA) is 47.3 Å². The number of hydrogen-bond acceptors (Lipinski definition) is 3. The van der Waals surface area contributed by atoms with E-state index in [0.29, 0.717) is 0 Å². The van der Waals surface area contributed by atoms with Crippen LogP contribution in [0.15, 0.2) is 12.4 Å². The van der Waals surface area contributed by atoms with Crippen molar-refractivity contribution in [2.45, 2.75) is 38.6 Å². The molecule has 1 aliphatic carbocycles. The summed E-state index contributed by atoms with van der Waals surface area (Å²) in [4.78, 5) is 0. The van der Waals surface area contributed by atoms with Crippen LogP contribution >= 0.6 is 0 Å². The van der Waals surface area contributed by atoms with Gasteiger partial charge in [-0.25, -0.2) is 0 Å². The van der Waals surface area contributed by atoms with Crippen molar-refractivity contribution in [3.8, 4) is 5.75 Å². The Morgan fingerprint density at radius 3 is 3.00 bits per heavy atom. The fourth-order valence-electron chi connectivity index (χ4n) is 1.80. The molecule has 1 aliphatic rings. The lowest BCUT2D eigenvalue weighted by Gasteiger charge is -2.24. The van der Waals surface area contributed by atoms with Crippen LogP contribution in [0.5, 0.6) is 5.75 Å². The van der Waals surface area contributed by atoms with Crippen molar-refractivity contribution in [2.24, 2.45) is 5.92 Å². The van der Waals surface area contributed by atoms with E-state index < -0.39 is 0 Å². The SMILES string of the molecule is OCCCCn1cc(OCC2CCC2)cn1. The smallest absolute Gasteiger partial charge is 0.157 e. The first-order valence-corrected chi connectivity index (χ1v) is 6.14. The van der Waals surface area contributed by atoms with Gasteiger partial charge in [0.2, 0.25) is 0 Å². The van der Waals surface area contributed by atoms with Gasteiger partial charge in [-0.3, -0.25) is 4.68 Å². The van der Waals surface area contributed by atoms with Crippen molar-refractivity contribution >= 4 is 0 Å². The van der Waals surface area contributed by atoms with E-state index in [4.69, 9.17) is 9.84 Å². The van der Waals surface area contributed by atoms with Gasteiger partial charge in [0.1, 0.15) is 0 Å². The van der Waals surface area contributed by atoms with Crippen LogP contribution in [0.2, 0.25) is 0 Å². The zero-order valence-electron chi connectivity index (χ0n) is 9.64. The van der Waals surface area contributed by atoms with E-state index in [1.807, 2.05) is 10.9 Å². The number of aliphatic hydroxyl groups is 1. The second-order valence-electron chi connectivity index (χ2n) is 4.48. The highest BCUT2D eigenvalue weighted by Crippen LogP contribution is 2.26. The lowest BCUT2D eigenvalue weighted by molar-refractivity contribution is 0.180. The van der Waals surface area contributed by atoms with Gasteiger partial charge in [-0.05, 0) is 31.6 Å². The van der Waals surface area contributed by atoms with Crippen molar-refractivity contribution in [3.05, 3.63) is 12.4 Å². The van der Waals surface area contributed by atoms with E-state index in [0.717, 1.165) is 37.7 Å². The molecule has 1 N–H and O–H groups in total. The van der Waals surface area contributed by atoms with Crippen molar-refractivity contribution in [2.75, 3.05) is 13.2 Å². The molecule has 0 bridgehead atoms. The lowest BCUT2D eigenvalue weighted by atomic mass is 9.86. The number of ether oxygens (including phenoxy) is 1. The Balaban J connectivity index is 1.68. The molecule has 1 aromatic rings. The van der Waals surface area contributed by atoms with Crippen LogP contribution in [0.25, 0.3) is 0 Å². The van der Waals surface area contributed by atoms with Gasteiger partial charge in [-0.15, -0.1) is 0 Å². The summed E-state index contributed by atoms with van der Waals surface area (Å²) in [5, 5.41) is 12.9. The van der Waals surface area contributed by atoms with E-state index in [9.17, 15) is 0 Å². The number of unbranched alkanes of at least 4 members (excludes halogenated alkanes) is 1. The average molecular weight is 224 g/mol. The van der Waals surface area contributed by atoms with Crippen LogP contribution in [0.4, 0.5) is 0 Å². The minimum Gasteiger partial charge on any atom is -0.490 e. The number of aryl methyl sites for hydroxylation is 1. The van der Waals surface area contributed by atoms with Gasteiger partial charge in [0.05, 0.1) is 19.0 Å². The number of aliphatic hydroxyl groups excluding tert-OH is 1. The zero-order chi connectivity index (χ0) is 11.2. The number of hydrogen-bond donors (Lipinski definition) is 1. The Hall–Kier alpha value is -1.03. The molecule has 0 radical (unpaired) electrons. The summed E-state index contributed by atoms with van der Waals surface area (Å²) < 4.78 is 7.54. The summed E-state index contributed by atoms with van der Waals surface area (Å²) in [5.41, 5.74) is 0. The molecule has 0 atom stereocenters. The van der Waals surface area contributed by atoms with Crippen molar-refractivity contribution < 1.29 is 9.84 Å². The molecule has 4 heteroatoms. The Labute approximate surface area is 96.2 Å². The Morgan fingerprint density at radius 2 is 2.31 bits per heavy atom. The maximum atomic E-state index is 8.67. The third kappa shape index (κ3) is 3.23. The summed E-state index contributed by atoms with van der Waals surface area (Å²) in [7, 11) is 0. The maximum Gasteiger partial charge on any atom is 0.157 e. The molecule has 90 valence electrons. The normalized spacial score (nSPS) is 16.1. The minimum absolute atomic E-state index is 0.256. The number of rotatable bonds is 7. The molecular weight excluding hydrogens is 204 g/mol. The van der Waals surface area contributed by atoms with Crippen LogP contribution in [0.3, 0.4) is 0 Å². The van der Waals surface area contributed by atoms with Crippen molar-refractivity contribution in [3.63, 3.8) is 0 Å². The second-order valence-corrected chi connectivity index (χ2v) is 4.48. The first-order valence-electron chi connectivity index (χ1n) is 6.14. The fourth-order valence-corrected chi connectivity index (χ4v) is 1.80. The van der Waals surface area contributed by atoms with Crippen LogP contribution in [-0.4, -0.2) is 28.1 Å². The fraction of sp³-hybridized carbons (Fsp3) is 0.750. The third-order valence-corrected chi connectivity index (χ3v) is 3.12. The summed E-state index contributed by atoms with van der Waals surface area (Å²) in [6.45, 7) is 1.95. The molecule has 0 saturated heterocycles. The largest absolute Gasteiger partial charge is 0.490 e. The first kappa shape index (κ1) is 11.5. The van der Waals surface area contributed by atoms with Crippen LogP contribution in [-0.2, 0) is 6.54 Å². The molecule has 0 unspecified atom stereocenters. The van der Waals surface area contributed by atoms with Gasteiger partial charge < -0.3 is 9.84 Å². The summed E-state index contributed by atoms with van der Waals surface area (Å²) in [5.74, 6) is 1.63. The van der Waals surface area contributed by atoms with Crippen LogP contribution < -0.4 is 4.74 Å². The highest BCUT2D eigenvalue weighted by atomic mass is 16.5. The predicted molar refractivity (Wildman–Crippen MR) is 61.4 cm³/mol. The van der Waals surface area contributed by atoms with Crippen molar-refractivity contribution in [1.29, 1.82) is 0 Å². The van der Waals surface area contributed by atoms with Crippen molar-refractivity contribution in [1.82, 2.24) is 9.78 Å². The molecule has 1 heterocycles. The first-order chi connectivity index (χ1) is 7.88. The Bertz CT molecular complexity index is 308. The second kappa shape index (κ2) is 5.89. The molecule has 2 rings (SSSR count). The molecule has 0 spiro atoms. The van der Waals surface area contributed by atoms with Gasteiger partial charge in [-0.2, -0.15) is 5.10 Å². The Morgan fingerprint density at radius 1 is 1.44 bits per heavy atom. The van der Waals surface area contributed by atoms with Gasteiger partial charge in [0, 0.05) is 13.2 Å². The molecule has 4 nitrogen and oxygen atoms in total. The highest BCUT2D eigenvalue weighted by molar-refractivity contribution is 5.11. The summed E-state index contributed by atoms with van der Waals surface area (Å²) >= 11 is 0.